The molecule has 0 aliphatic heterocycles. The maximum Gasteiger partial charge on any atom is 0.142 e. The predicted octanol–water partition coefficient (Wildman–Crippen LogP) is 0.200. The number of rotatable bonds is 6. The Morgan fingerprint density at radius 1 is 1.44 bits per heavy atom. The standard InChI is InChI=1S/C11H19N3O2/c1-2-14-6-9(15)7-16-11-4-3-8(12)5-10(11)13/h3-5,9,14-15H,2,6-7,12-13H2,1H3. The van der Waals surface area contributed by atoms with Crippen LogP contribution in [-0.4, -0.2) is 30.9 Å². The first-order valence-electron chi connectivity index (χ1n) is 5.30. The minimum Gasteiger partial charge on any atom is -0.489 e. The summed E-state index contributed by atoms with van der Waals surface area (Å²) in [5.74, 6) is 0.546. The Balaban J connectivity index is 2.42. The van der Waals surface area contributed by atoms with Gasteiger partial charge in [0.15, 0.2) is 0 Å². The van der Waals surface area contributed by atoms with Crippen molar-refractivity contribution in [1.82, 2.24) is 5.32 Å². The monoisotopic (exact) mass is 225 g/mol. The molecular weight excluding hydrogens is 206 g/mol. The molecule has 1 rings (SSSR count). The lowest BCUT2D eigenvalue weighted by molar-refractivity contribution is 0.107. The van der Waals surface area contributed by atoms with Crippen molar-refractivity contribution in [2.24, 2.45) is 0 Å². The molecule has 0 bridgehead atoms. The van der Waals surface area contributed by atoms with Gasteiger partial charge in [-0.05, 0) is 24.7 Å². The van der Waals surface area contributed by atoms with Crippen molar-refractivity contribution >= 4 is 11.4 Å². The van der Waals surface area contributed by atoms with E-state index in [-0.39, 0.29) is 6.61 Å². The summed E-state index contributed by atoms with van der Waals surface area (Å²) in [7, 11) is 0. The Labute approximate surface area is 95.4 Å². The van der Waals surface area contributed by atoms with E-state index in [4.69, 9.17) is 16.2 Å². The molecule has 1 unspecified atom stereocenters. The smallest absolute Gasteiger partial charge is 0.142 e. The van der Waals surface area contributed by atoms with E-state index in [0.717, 1.165) is 6.54 Å². The Morgan fingerprint density at radius 3 is 2.81 bits per heavy atom. The second-order valence-electron chi connectivity index (χ2n) is 3.57. The van der Waals surface area contributed by atoms with Crippen molar-refractivity contribution in [3.63, 3.8) is 0 Å². The quantitative estimate of drug-likeness (QED) is 0.519. The van der Waals surface area contributed by atoms with Crippen molar-refractivity contribution in [2.75, 3.05) is 31.2 Å². The Morgan fingerprint density at radius 2 is 2.19 bits per heavy atom. The number of nitrogens with one attached hydrogen (secondary N) is 1. The maximum absolute atomic E-state index is 9.53. The molecule has 1 aromatic carbocycles. The second kappa shape index (κ2) is 6.19. The van der Waals surface area contributed by atoms with Crippen LogP contribution in [0.25, 0.3) is 0 Å². The van der Waals surface area contributed by atoms with E-state index in [2.05, 4.69) is 5.32 Å². The molecule has 0 saturated heterocycles. The zero-order chi connectivity index (χ0) is 12.0. The summed E-state index contributed by atoms with van der Waals surface area (Å²) in [4.78, 5) is 0. The first-order valence-corrected chi connectivity index (χ1v) is 5.30. The van der Waals surface area contributed by atoms with Crippen LogP contribution in [0.4, 0.5) is 11.4 Å². The first-order chi connectivity index (χ1) is 7.63. The van der Waals surface area contributed by atoms with Gasteiger partial charge in [-0.1, -0.05) is 6.92 Å². The molecule has 0 heterocycles. The summed E-state index contributed by atoms with van der Waals surface area (Å²) in [6.07, 6.45) is -0.545. The van der Waals surface area contributed by atoms with Gasteiger partial charge in [0, 0.05) is 12.2 Å². The van der Waals surface area contributed by atoms with Crippen LogP contribution in [0.2, 0.25) is 0 Å². The fraction of sp³-hybridized carbons (Fsp3) is 0.455. The number of ether oxygens (including phenoxy) is 1. The van der Waals surface area contributed by atoms with E-state index < -0.39 is 6.10 Å². The van der Waals surface area contributed by atoms with Crippen LogP contribution in [0.3, 0.4) is 0 Å². The highest BCUT2D eigenvalue weighted by molar-refractivity contribution is 5.60. The average molecular weight is 225 g/mol. The summed E-state index contributed by atoms with van der Waals surface area (Å²) >= 11 is 0. The number of nitrogens with two attached hydrogens (primary N) is 2. The second-order valence-corrected chi connectivity index (χ2v) is 3.57. The van der Waals surface area contributed by atoms with E-state index in [1.165, 1.54) is 0 Å². The third kappa shape index (κ3) is 3.96. The number of aliphatic hydroxyl groups excluding tert-OH is 1. The molecule has 0 saturated carbocycles. The predicted molar refractivity (Wildman–Crippen MR) is 65.3 cm³/mol. The highest BCUT2D eigenvalue weighted by Crippen LogP contribution is 2.23. The molecule has 0 aliphatic carbocycles. The zero-order valence-corrected chi connectivity index (χ0v) is 9.44. The minimum absolute atomic E-state index is 0.209. The normalized spacial score (nSPS) is 12.4. The number of hydrogen-bond donors (Lipinski definition) is 4. The van der Waals surface area contributed by atoms with Crippen LogP contribution in [0.1, 0.15) is 6.92 Å². The fourth-order valence-corrected chi connectivity index (χ4v) is 1.25. The van der Waals surface area contributed by atoms with Gasteiger partial charge in [-0.15, -0.1) is 0 Å². The Hall–Kier alpha value is -1.46. The Bertz CT molecular complexity index is 331. The van der Waals surface area contributed by atoms with Gasteiger partial charge >= 0.3 is 0 Å². The number of anilines is 2. The van der Waals surface area contributed by atoms with E-state index in [1.807, 2.05) is 6.92 Å². The van der Waals surface area contributed by atoms with Gasteiger partial charge in [-0.3, -0.25) is 0 Å². The third-order valence-electron chi connectivity index (χ3n) is 2.10. The molecule has 1 atom stereocenters. The SMILES string of the molecule is CCNCC(O)COc1ccc(N)cc1N. The summed E-state index contributed by atoms with van der Waals surface area (Å²) in [5.41, 5.74) is 12.3. The minimum atomic E-state index is -0.545. The van der Waals surface area contributed by atoms with Gasteiger partial charge < -0.3 is 26.6 Å². The molecule has 6 N–H and O–H groups in total. The number of benzene rings is 1. The van der Waals surface area contributed by atoms with Crippen LogP contribution in [0, 0.1) is 0 Å². The van der Waals surface area contributed by atoms with Gasteiger partial charge in [0.25, 0.3) is 0 Å². The van der Waals surface area contributed by atoms with Gasteiger partial charge in [0.05, 0.1) is 5.69 Å². The van der Waals surface area contributed by atoms with Crippen LogP contribution in [-0.2, 0) is 0 Å². The lowest BCUT2D eigenvalue weighted by Gasteiger charge is -2.14. The molecule has 1 aromatic rings. The number of likely N-dealkylation sites (N-methyl/N-ethyl adjacent to an activating group) is 1. The highest BCUT2D eigenvalue weighted by atomic mass is 16.5. The van der Waals surface area contributed by atoms with E-state index in [9.17, 15) is 5.11 Å². The molecule has 0 aliphatic rings. The third-order valence-corrected chi connectivity index (χ3v) is 2.10. The Kier molecular flexibility index (Phi) is 4.88. The molecule has 0 fully saturated rings. The van der Waals surface area contributed by atoms with Gasteiger partial charge in [0.2, 0.25) is 0 Å². The number of aliphatic hydroxyl groups is 1. The van der Waals surface area contributed by atoms with Crippen molar-refractivity contribution in [1.29, 1.82) is 0 Å². The van der Waals surface area contributed by atoms with Crippen LogP contribution < -0.4 is 21.5 Å². The average Bonchev–Trinajstić information content (AvgIpc) is 2.25. The van der Waals surface area contributed by atoms with E-state index in [1.54, 1.807) is 18.2 Å². The topological polar surface area (TPSA) is 93.5 Å². The van der Waals surface area contributed by atoms with Crippen LogP contribution in [0.5, 0.6) is 5.75 Å². The molecule has 16 heavy (non-hydrogen) atoms. The maximum atomic E-state index is 9.53. The largest absolute Gasteiger partial charge is 0.489 e. The molecule has 0 amide bonds. The number of hydrogen-bond acceptors (Lipinski definition) is 5. The summed E-state index contributed by atoms with van der Waals surface area (Å²) in [6.45, 7) is 3.51. The summed E-state index contributed by atoms with van der Waals surface area (Å²) in [6, 6.07) is 5.04. The van der Waals surface area contributed by atoms with Crippen molar-refractivity contribution in [3.8, 4) is 5.75 Å². The van der Waals surface area contributed by atoms with Crippen molar-refractivity contribution < 1.29 is 9.84 Å². The lowest BCUT2D eigenvalue weighted by atomic mass is 10.2. The lowest BCUT2D eigenvalue weighted by Crippen LogP contribution is -2.31. The molecule has 5 nitrogen and oxygen atoms in total. The molecule has 5 heteroatoms. The molecular formula is C11H19N3O2. The van der Waals surface area contributed by atoms with Crippen LogP contribution >= 0.6 is 0 Å². The van der Waals surface area contributed by atoms with Crippen LogP contribution in [0.15, 0.2) is 18.2 Å². The molecule has 0 radical (unpaired) electrons. The zero-order valence-electron chi connectivity index (χ0n) is 9.44. The molecule has 0 spiro atoms. The van der Waals surface area contributed by atoms with Gasteiger partial charge in [-0.25, -0.2) is 0 Å². The van der Waals surface area contributed by atoms with Crippen molar-refractivity contribution in [3.05, 3.63) is 18.2 Å². The van der Waals surface area contributed by atoms with Gasteiger partial charge in [-0.2, -0.15) is 0 Å². The summed E-state index contributed by atoms with van der Waals surface area (Å²) < 4.78 is 5.38. The molecule has 90 valence electrons. The first kappa shape index (κ1) is 12.6. The summed E-state index contributed by atoms with van der Waals surface area (Å²) in [5, 5.41) is 12.6. The van der Waals surface area contributed by atoms with E-state index >= 15 is 0 Å². The van der Waals surface area contributed by atoms with Crippen molar-refractivity contribution in [2.45, 2.75) is 13.0 Å². The molecule has 0 aromatic heterocycles. The highest BCUT2D eigenvalue weighted by Gasteiger charge is 2.06. The van der Waals surface area contributed by atoms with E-state index in [0.29, 0.717) is 23.7 Å². The fourth-order valence-electron chi connectivity index (χ4n) is 1.25. The number of nitrogen functional groups attached to an aromatic ring is 2. The van der Waals surface area contributed by atoms with Gasteiger partial charge in [0.1, 0.15) is 18.5 Å².